The smallest absolute Gasteiger partial charge is 0.273 e. The Bertz CT molecular complexity index is 1240. The Morgan fingerprint density at radius 1 is 1.06 bits per heavy atom. The van der Waals surface area contributed by atoms with Gasteiger partial charge in [-0.05, 0) is 33.8 Å². The molecule has 2 aromatic heterocycles. The minimum atomic E-state index is -2.90. The fraction of sp³-hybridized carbons (Fsp3) is 0.458. The van der Waals surface area contributed by atoms with E-state index in [2.05, 4.69) is 39.0 Å². The lowest BCUT2D eigenvalue weighted by molar-refractivity contribution is 0.146. The number of pyridine rings is 1. The standard InChI is InChI=1S/C24H29F3N6O/c1-13(2)32-8-10-33(11-9-32)19-12-18-22(29-15(4)30-23(18)31-24(19)34)28-14(3)16-6-5-7-17(20(16)25)21(26)27/h5-7,12-14,21H,8-11H2,1-4H3,(H2,28,29,30,31,34)/t14-/m1/s1. The molecule has 1 atom stereocenters. The molecule has 3 heterocycles. The monoisotopic (exact) mass is 474 g/mol. The number of halogens is 3. The zero-order chi connectivity index (χ0) is 24.6. The summed E-state index contributed by atoms with van der Waals surface area (Å²) >= 11 is 0. The highest BCUT2D eigenvalue weighted by Gasteiger charge is 2.23. The van der Waals surface area contributed by atoms with Crippen LogP contribution in [0.4, 0.5) is 24.7 Å². The maximum absolute atomic E-state index is 14.7. The average molecular weight is 475 g/mol. The number of nitrogens with zero attached hydrogens (tertiary/aromatic N) is 4. The number of anilines is 2. The van der Waals surface area contributed by atoms with E-state index in [1.165, 1.54) is 12.1 Å². The van der Waals surface area contributed by atoms with E-state index in [4.69, 9.17) is 0 Å². The lowest BCUT2D eigenvalue weighted by Gasteiger charge is -2.37. The van der Waals surface area contributed by atoms with Crippen LogP contribution in [0.2, 0.25) is 0 Å². The second-order valence-corrected chi connectivity index (χ2v) is 8.90. The molecule has 0 aliphatic carbocycles. The number of hydrogen-bond acceptors (Lipinski definition) is 6. The molecule has 1 aliphatic heterocycles. The van der Waals surface area contributed by atoms with Crippen LogP contribution in [0.5, 0.6) is 0 Å². The molecule has 3 aromatic rings. The first-order valence-electron chi connectivity index (χ1n) is 11.4. The van der Waals surface area contributed by atoms with Gasteiger partial charge in [0.15, 0.2) is 0 Å². The number of aromatic amines is 1. The number of aryl methyl sites for hydroxylation is 1. The van der Waals surface area contributed by atoms with Crippen molar-refractivity contribution in [2.75, 3.05) is 36.4 Å². The number of rotatable bonds is 6. The number of piperazine rings is 1. The van der Waals surface area contributed by atoms with Crippen molar-refractivity contribution in [1.29, 1.82) is 0 Å². The van der Waals surface area contributed by atoms with E-state index < -0.39 is 23.8 Å². The molecule has 7 nitrogen and oxygen atoms in total. The molecule has 0 spiro atoms. The quantitative estimate of drug-likeness (QED) is 0.551. The SMILES string of the molecule is Cc1nc(N[C@H](C)c2cccc(C(F)F)c2F)c2cc(N3CCN(C(C)C)CC3)c(=O)[nH]c2n1. The van der Waals surface area contributed by atoms with Crippen LogP contribution in [0.3, 0.4) is 0 Å². The molecule has 1 aliphatic rings. The third-order valence-corrected chi connectivity index (χ3v) is 6.30. The number of aromatic nitrogens is 3. The van der Waals surface area contributed by atoms with Crippen LogP contribution in [-0.4, -0.2) is 52.1 Å². The van der Waals surface area contributed by atoms with E-state index in [1.54, 1.807) is 19.9 Å². The van der Waals surface area contributed by atoms with Gasteiger partial charge in [-0.15, -0.1) is 0 Å². The van der Waals surface area contributed by atoms with Gasteiger partial charge in [-0.1, -0.05) is 18.2 Å². The van der Waals surface area contributed by atoms with Crippen LogP contribution in [0, 0.1) is 12.7 Å². The Morgan fingerprint density at radius 2 is 1.74 bits per heavy atom. The van der Waals surface area contributed by atoms with Crippen LogP contribution < -0.4 is 15.8 Å². The normalized spacial score (nSPS) is 16.0. The summed E-state index contributed by atoms with van der Waals surface area (Å²) in [4.78, 5) is 28.9. The highest BCUT2D eigenvalue weighted by molar-refractivity contribution is 5.89. The van der Waals surface area contributed by atoms with E-state index in [1.807, 2.05) is 4.90 Å². The minimum Gasteiger partial charge on any atom is -0.364 e. The Kier molecular flexibility index (Phi) is 6.79. The van der Waals surface area contributed by atoms with E-state index in [0.29, 0.717) is 47.5 Å². The number of fused-ring (bicyclic) bond motifs is 1. The lowest BCUT2D eigenvalue weighted by atomic mass is 10.0. The van der Waals surface area contributed by atoms with Crippen molar-refractivity contribution in [2.45, 2.75) is 46.2 Å². The topological polar surface area (TPSA) is 77.2 Å². The molecule has 2 N–H and O–H groups in total. The maximum atomic E-state index is 14.7. The number of H-pyrrole nitrogens is 1. The first kappa shape index (κ1) is 24.0. The van der Waals surface area contributed by atoms with Crippen LogP contribution in [0.15, 0.2) is 29.1 Å². The average Bonchev–Trinajstić information content (AvgIpc) is 2.78. The van der Waals surface area contributed by atoms with Crippen LogP contribution in [-0.2, 0) is 0 Å². The Labute approximate surface area is 196 Å². The second kappa shape index (κ2) is 9.61. The minimum absolute atomic E-state index is 0.108. The predicted octanol–water partition coefficient (Wildman–Crippen LogP) is 4.41. The molecule has 0 radical (unpaired) electrons. The molecule has 1 saturated heterocycles. The zero-order valence-electron chi connectivity index (χ0n) is 19.7. The summed E-state index contributed by atoms with van der Waals surface area (Å²) < 4.78 is 41.0. The van der Waals surface area contributed by atoms with Crippen molar-refractivity contribution in [2.24, 2.45) is 0 Å². The molecule has 34 heavy (non-hydrogen) atoms. The van der Waals surface area contributed by atoms with E-state index in [0.717, 1.165) is 19.2 Å². The molecule has 0 bridgehead atoms. The molecule has 0 unspecified atom stereocenters. The summed E-state index contributed by atoms with van der Waals surface area (Å²) in [5.74, 6) is -0.127. The van der Waals surface area contributed by atoms with Gasteiger partial charge in [0.25, 0.3) is 12.0 Å². The van der Waals surface area contributed by atoms with Gasteiger partial charge in [-0.3, -0.25) is 9.69 Å². The highest BCUT2D eigenvalue weighted by atomic mass is 19.3. The molecule has 0 saturated carbocycles. The van der Waals surface area contributed by atoms with Gasteiger partial charge < -0.3 is 15.2 Å². The maximum Gasteiger partial charge on any atom is 0.273 e. The van der Waals surface area contributed by atoms with Crippen molar-refractivity contribution in [3.63, 3.8) is 0 Å². The number of hydrogen-bond donors (Lipinski definition) is 2. The summed E-state index contributed by atoms with van der Waals surface area (Å²) in [5.41, 5.74) is 0.112. The number of benzene rings is 1. The summed E-state index contributed by atoms with van der Waals surface area (Å²) in [7, 11) is 0. The summed E-state index contributed by atoms with van der Waals surface area (Å²) in [6, 6.07) is 5.50. The van der Waals surface area contributed by atoms with Crippen LogP contribution in [0.1, 0.15) is 50.2 Å². The largest absolute Gasteiger partial charge is 0.364 e. The third-order valence-electron chi connectivity index (χ3n) is 6.30. The first-order chi connectivity index (χ1) is 16.2. The van der Waals surface area contributed by atoms with Crippen molar-refractivity contribution in [3.8, 4) is 0 Å². The lowest BCUT2D eigenvalue weighted by Crippen LogP contribution is -2.50. The van der Waals surface area contributed by atoms with Gasteiger partial charge in [-0.25, -0.2) is 23.1 Å². The summed E-state index contributed by atoms with van der Waals surface area (Å²) in [6.45, 7) is 10.8. The van der Waals surface area contributed by atoms with Gasteiger partial charge in [0.1, 0.15) is 28.8 Å². The third kappa shape index (κ3) is 4.72. The second-order valence-electron chi connectivity index (χ2n) is 8.90. The van der Waals surface area contributed by atoms with Crippen molar-refractivity contribution in [1.82, 2.24) is 19.9 Å². The summed E-state index contributed by atoms with van der Waals surface area (Å²) in [6.07, 6.45) is -2.90. The van der Waals surface area contributed by atoms with Gasteiger partial charge >= 0.3 is 0 Å². The molecular weight excluding hydrogens is 445 g/mol. The zero-order valence-corrected chi connectivity index (χ0v) is 19.7. The molecule has 10 heteroatoms. The van der Waals surface area contributed by atoms with E-state index in [-0.39, 0.29) is 11.1 Å². The van der Waals surface area contributed by atoms with Crippen LogP contribution >= 0.6 is 0 Å². The molecule has 0 amide bonds. The molecule has 182 valence electrons. The molecular formula is C24H29F3N6O. The van der Waals surface area contributed by atoms with Gasteiger partial charge in [0.2, 0.25) is 0 Å². The predicted molar refractivity (Wildman–Crippen MR) is 127 cm³/mol. The number of nitrogens with one attached hydrogen (secondary N) is 2. The van der Waals surface area contributed by atoms with Crippen LogP contribution in [0.25, 0.3) is 11.0 Å². The van der Waals surface area contributed by atoms with Gasteiger partial charge in [0, 0.05) is 37.8 Å². The summed E-state index contributed by atoms with van der Waals surface area (Å²) in [5, 5.41) is 3.71. The van der Waals surface area contributed by atoms with Crippen molar-refractivity contribution >= 4 is 22.5 Å². The van der Waals surface area contributed by atoms with E-state index in [9.17, 15) is 18.0 Å². The first-order valence-corrected chi connectivity index (χ1v) is 11.4. The Hall–Kier alpha value is -3.14. The molecule has 1 fully saturated rings. The number of alkyl halides is 2. The highest BCUT2D eigenvalue weighted by Crippen LogP contribution is 2.30. The fourth-order valence-corrected chi connectivity index (χ4v) is 4.37. The molecule has 4 rings (SSSR count). The van der Waals surface area contributed by atoms with Gasteiger partial charge in [-0.2, -0.15) is 0 Å². The molecule has 1 aromatic carbocycles. The Balaban J connectivity index is 1.69. The fourth-order valence-electron chi connectivity index (χ4n) is 4.37. The van der Waals surface area contributed by atoms with Crippen molar-refractivity contribution < 1.29 is 13.2 Å². The van der Waals surface area contributed by atoms with E-state index >= 15 is 0 Å². The Morgan fingerprint density at radius 3 is 2.38 bits per heavy atom. The van der Waals surface area contributed by atoms with Gasteiger partial charge in [0.05, 0.1) is 17.0 Å². The van der Waals surface area contributed by atoms with Crippen molar-refractivity contribution in [3.05, 3.63) is 57.4 Å².